The zero-order chi connectivity index (χ0) is 34.7. The van der Waals surface area contributed by atoms with Crippen LogP contribution in [0.25, 0.3) is 0 Å². The highest BCUT2D eigenvalue weighted by molar-refractivity contribution is 6.06. The molecule has 50 heavy (non-hydrogen) atoms. The maximum Gasteiger partial charge on any atom is 0.255 e. The van der Waals surface area contributed by atoms with E-state index in [2.05, 4.69) is 25.2 Å². The fraction of sp³-hybridized carbons (Fsp3) is 0.297. The minimum absolute atomic E-state index is 0.0691. The summed E-state index contributed by atoms with van der Waals surface area (Å²) in [7, 11) is 0. The second kappa shape index (κ2) is 14.2. The van der Waals surface area contributed by atoms with Crippen LogP contribution in [0.15, 0.2) is 91.5 Å². The molecule has 2 saturated heterocycles. The second-order valence-corrected chi connectivity index (χ2v) is 12.6. The van der Waals surface area contributed by atoms with Crippen LogP contribution in [0.3, 0.4) is 0 Å². The number of hydrogen-bond acceptors (Lipinski definition) is 8. The minimum atomic E-state index is -1.06. The molecule has 0 saturated carbocycles. The number of hydrogen-bond donors (Lipinski definition) is 1. The highest BCUT2D eigenvalue weighted by Crippen LogP contribution is 2.42. The van der Waals surface area contributed by atoms with Crippen molar-refractivity contribution in [2.45, 2.75) is 25.5 Å². The Morgan fingerprint density at radius 3 is 2.46 bits per heavy atom. The molecular formula is C37H36F3N7O3. The minimum Gasteiger partial charge on any atom is -0.491 e. The molecule has 1 N–H and O–H groups in total. The number of rotatable bonds is 10. The maximum absolute atomic E-state index is 15.0. The van der Waals surface area contributed by atoms with Crippen molar-refractivity contribution in [2.75, 3.05) is 54.5 Å². The van der Waals surface area contributed by atoms with Crippen molar-refractivity contribution < 1.29 is 27.4 Å². The number of ether oxygens (including phenoxy) is 2. The van der Waals surface area contributed by atoms with E-state index in [4.69, 9.17) is 14.5 Å². The van der Waals surface area contributed by atoms with Crippen LogP contribution in [-0.4, -0.2) is 65.0 Å². The molecule has 0 radical (unpaired) electrons. The van der Waals surface area contributed by atoms with Crippen LogP contribution in [0.5, 0.6) is 5.75 Å². The van der Waals surface area contributed by atoms with Gasteiger partial charge in [0.05, 0.1) is 36.8 Å². The maximum atomic E-state index is 15.0. The van der Waals surface area contributed by atoms with E-state index in [-0.39, 0.29) is 29.8 Å². The Morgan fingerprint density at radius 2 is 1.72 bits per heavy atom. The first-order chi connectivity index (χ1) is 24.3. The van der Waals surface area contributed by atoms with Crippen molar-refractivity contribution in [1.29, 1.82) is 0 Å². The molecule has 2 aliphatic heterocycles. The largest absolute Gasteiger partial charge is 0.491 e. The van der Waals surface area contributed by atoms with Gasteiger partial charge < -0.3 is 24.6 Å². The van der Waals surface area contributed by atoms with Gasteiger partial charge in [-0.25, -0.2) is 27.8 Å². The van der Waals surface area contributed by atoms with Gasteiger partial charge >= 0.3 is 0 Å². The van der Waals surface area contributed by atoms with E-state index >= 15 is 4.39 Å². The number of halogens is 3. The zero-order valence-electron chi connectivity index (χ0n) is 27.4. The van der Waals surface area contributed by atoms with Crippen LogP contribution < -0.4 is 19.9 Å². The van der Waals surface area contributed by atoms with E-state index in [0.717, 1.165) is 17.6 Å². The quantitative estimate of drug-likeness (QED) is 0.192. The summed E-state index contributed by atoms with van der Waals surface area (Å²) < 4.78 is 57.1. The third-order valence-electron chi connectivity index (χ3n) is 9.21. The van der Waals surface area contributed by atoms with Gasteiger partial charge in [-0.2, -0.15) is 5.10 Å². The van der Waals surface area contributed by atoms with E-state index in [1.54, 1.807) is 35.0 Å². The van der Waals surface area contributed by atoms with Crippen LogP contribution in [-0.2, 0) is 16.9 Å². The number of aryl methyl sites for hydroxylation is 1. The molecule has 5 aromatic rings. The Kier molecular flexibility index (Phi) is 9.40. The lowest BCUT2D eigenvalue weighted by atomic mass is 9.87. The van der Waals surface area contributed by atoms with Crippen molar-refractivity contribution in [3.05, 3.63) is 126 Å². The average Bonchev–Trinajstić information content (AvgIpc) is 3.79. The van der Waals surface area contributed by atoms with Crippen LogP contribution in [0.2, 0.25) is 0 Å². The van der Waals surface area contributed by atoms with Crippen molar-refractivity contribution in [3.63, 3.8) is 0 Å². The summed E-state index contributed by atoms with van der Waals surface area (Å²) in [6.07, 6.45) is 3.38. The molecule has 1 amide bonds. The summed E-state index contributed by atoms with van der Waals surface area (Å²) >= 11 is 0. The molecule has 3 aromatic carbocycles. The Hall–Kier alpha value is -5.43. The topological polar surface area (TPSA) is 97.6 Å². The van der Waals surface area contributed by atoms with Crippen molar-refractivity contribution >= 4 is 23.1 Å². The number of amides is 1. The normalized spacial score (nSPS) is 19.1. The van der Waals surface area contributed by atoms with E-state index in [0.29, 0.717) is 68.5 Å². The first kappa shape index (κ1) is 33.1. The molecule has 0 unspecified atom stereocenters. The summed E-state index contributed by atoms with van der Waals surface area (Å²) in [5, 5.41) is 7.11. The fourth-order valence-electron chi connectivity index (χ4n) is 6.69. The van der Waals surface area contributed by atoms with Gasteiger partial charge in [0.1, 0.15) is 47.3 Å². The van der Waals surface area contributed by atoms with Crippen LogP contribution in [0.1, 0.15) is 28.0 Å². The van der Waals surface area contributed by atoms with E-state index in [1.807, 2.05) is 25.1 Å². The Balaban J connectivity index is 0.973. The van der Waals surface area contributed by atoms with Crippen LogP contribution in [0, 0.1) is 30.3 Å². The molecule has 2 aliphatic rings. The Bertz CT molecular complexity index is 1960. The predicted molar refractivity (Wildman–Crippen MR) is 182 cm³/mol. The summed E-state index contributed by atoms with van der Waals surface area (Å²) in [6, 6.07) is 20.6. The van der Waals surface area contributed by atoms with Crippen molar-refractivity contribution in [1.82, 2.24) is 19.7 Å². The third kappa shape index (κ3) is 7.13. The molecule has 2 fully saturated rings. The predicted octanol–water partition coefficient (Wildman–Crippen LogP) is 5.99. The first-order valence-electron chi connectivity index (χ1n) is 16.4. The third-order valence-corrected chi connectivity index (χ3v) is 9.21. The SMILES string of the molecule is Cc1nc(N2CCN(c3cc(F)ccc3NC(=O)c3ccccc3)CC2)ccc1OC[C@H]1CO[C@@](Cn2cncn2)(c2ccc(F)cc2F)C1. The number of aromatic nitrogens is 4. The molecule has 2 atom stereocenters. The lowest BCUT2D eigenvalue weighted by Gasteiger charge is -2.37. The number of carbonyl (C=O) groups excluding carboxylic acids is 1. The number of carbonyl (C=O) groups is 1. The van der Waals surface area contributed by atoms with Gasteiger partial charge in [0, 0.05) is 49.3 Å². The fourth-order valence-corrected chi connectivity index (χ4v) is 6.69. The summed E-state index contributed by atoms with van der Waals surface area (Å²) in [6.45, 7) is 5.23. The molecule has 0 spiro atoms. The zero-order valence-corrected chi connectivity index (χ0v) is 27.4. The number of pyridine rings is 1. The van der Waals surface area contributed by atoms with Crippen LogP contribution >= 0.6 is 0 Å². The molecule has 0 aliphatic carbocycles. The number of nitrogens with zero attached hydrogens (tertiary/aromatic N) is 6. The van der Waals surface area contributed by atoms with Crippen LogP contribution in [0.4, 0.5) is 30.4 Å². The van der Waals surface area contributed by atoms with Gasteiger partial charge in [-0.05, 0) is 61.9 Å². The monoisotopic (exact) mass is 683 g/mol. The average molecular weight is 684 g/mol. The summed E-state index contributed by atoms with van der Waals surface area (Å²) in [4.78, 5) is 25.9. The molecule has 13 heteroatoms. The number of piperazine rings is 1. The van der Waals surface area contributed by atoms with Gasteiger partial charge in [0.2, 0.25) is 0 Å². The van der Waals surface area contributed by atoms with Gasteiger partial charge in [0.25, 0.3) is 5.91 Å². The highest BCUT2D eigenvalue weighted by Gasteiger charge is 2.44. The molecule has 0 bridgehead atoms. The lowest BCUT2D eigenvalue weighted by molar-refractivity contribution is -0.0206. The van der Waals surface area contributed by atoms with Gasteiger partial charge in [-0.15, -0.1) is 0 Å². The molecular weight excluding hydrogens is 647 g/mol. The molecule has 10 nitrogen and oxygen atoms in total. The van der Waals surface area contributed by atoms with Crippen molar-refractivity contribution in [3.8, 4) is 5.75 Å². The molecule has 7 rings (SSSR count). The summed E-state index contributed by atoms with van der Waals surface area (Å²) in [5.41, 5.74) is 1.64. The van der Waals surface area contributed by atoms with E-state index < -0.39 is 17.2 Å². The standard InChI is InChI=1S/C37H36F3N7O3/c1-25-34(49-20-26-19-37(50-21-26,22-47-24-41-23-42-47)30-9-7-28(38)17-31(30)40)11-12-35(43-25)46-15-13-45(14-16-46)33-18-29(39)8-10-32(33)44-36(48)27-5-3-2-4-6-27/h2-12,17-18,23-24,26H,13-16,19-22H2,1H3,(H,44,48)/t26-,37-/m0/s1. The second-order valence-electron chi connectivity index (χ2n) is 12.6. The number of nitrogens with one attached hydrogen (secondary N) is 1. The van der Waals surface area contributed by atoms with Gasteiger partial charge in [-0.3, -0.25) is 4.79 Å². The van der Waals surface area contributed by atoms with E-state index in [9.17, 15) is 13.6 Å². The molecule has 4 heterocycles. The first-order valence-corrected chi connectivity index (χ1v) is 16.4. The van der Waals surface area contributed by atoms with Crippen molar-refractivity contribution in [2.24, 2.45) is 5.92 Å². The van der Waals surface area contributed by atoms with E-state index in [1.165, 1.54) is 36.9 Å². The lowest BCUT2D eigenvalue weighted by Crippen LogP contribution is -2.47. The van der Waals surface area contributed by atoms with Gasteiger partial charge in [-0.1, -0.05) is 24.3 Å². The Morgan fingerprint density at radius 1 is 0.960 bits per heavy atom. The van der Waals surface area contributed by atoms with Gasteiger partial charge in [0.15, 0.2) is 0 Å². The molecule has 2 aromatic heterocycles. The number of anilines is 3. The Labute approximate surface area is 287 Å². The molecule has 258 valence electrons. The smallest absolute Gasteiger partial charge is 0.255 e. The number of benzene rings is 3. The highest BCUT2D eigenvalue weighted by atomic mass is 19.1. The summed E-state index contributed by atoms with van der Waals surface area (Å²) in [5.74, 6) is -0.594.